The molecule has 1 aliphatic rings. The number of nitrogens with zero attached hydrogens (tertiary/aromatic N) is 4. The van der Waals surface area contributed by atoms with Crippen LogP contribution in [0.5, 0.6) is 5.75 Å². The highest BCUT2D eigenvalue weighted by molar-refractivity contribution is 5.92. The number of hydrogen-bond donors (Lipinski definition) is 1. The molecule has 0 saturated heterocycles. The van der Waals surface area contributed by atoms with Gasteiger partial charge in [0.15, 0.2) is 0 Å². The molecule has 0 saturated carbocycles. The van der Waals surface area contributed by atoms with Crippen molar-refractivity contribution in [1.82, 2.24) is 20.1 Å². The summed E-state index contributed by atoms with van der Waals surface area (Å²) in [7, 11) is 3.82. The van der Waals surface area contributed by atoms with Crippen molar-refractivity contribution in [2.45, 2.75) is 24.9 Å². The predicted octanol–water partition coefficient (Wildman–Crippen LogP) is 2.26. The van der Waals surface area contributed by atoms with Crippen molar-refractivity contribution < 1.29 is 14.3 Å². The van der Waals surface area contributed by atoms with Crippen LogP contribution in [0.25, 0.3) is 0 Å². The fraction of sp³-hybridized carbons (Fsp3) is 0.304. The summed E-state index contributed by atoms with van der Waals surface area (Å²) < 4.78 is 7.56. The Kier molecular flexibility index (Phi) is 5.97. The summed E-state index contributed by atoms with van der Waals surface area (Å²) in [6, 6.07) is 16.8. The summed E-state index contributed by atoms with van der Waals surface area (Å²) in [4.78, 5) is 30.6. The lowest BCUT2D eigenvalue weighted by molar-refractivity contribution is -0.110. The molecule has 2 atom stereocenters. The van der Waals surface area contributed by atoms with E-state index in [1.165, 1.54) is 0 Å². The van der Waals surface area contributed by atoms with Crippen LogP contribution in [0.1, 0.15) is 34.3 Å². The van der Waals surface area contributed by atoms with Crippen LogP contribution in [0.15, 0.2) is 54.6 Å². The minimum absolute atomic E-state index is 0.0142. The van der Waals surface area contributed by atoms with Crippen molar-refractivity contribution in [3.05, 3.63) is 71.8 Å². The molecular weight excluding hydrogens is 394 g/mol. The van der Waals surface area contributed by atoms with E-state index in [0.717, 1.165) is 23.5 Å². The average molecular weight is 419 g/mol. The van der Waals surface area contributed by atoms with Crippen LogP contribution in [0, 0.1) is 0 Å². The maximum atomic E-state index is 12.7. The molecule has 4 rings (SSSR count). The Labute approximate surface area is 180 Å². The molecule has 1 unspecified atom stereocenters. The summed E-state index contributed by atoms with van der Waals surface area (Å²) >= 11 is 0. The number of rotatable bonds is 8. The van der Waals surface area contributed by atoms with Crippen LogP contribution in [0.3, 0.4) is 0 Å². The Hall–Kier alpha value is -3.68. The van der Waals surface area contributed by atoms with E-state index in [-0.39, 0.29) is 18.3 Å². The number of aromatic nitrogens is 3. The van der Waals surface area contributed by atoms with Gasteiger partial charge in [-0.3, -0.25) is 4.79 Å². The normalized spacial score (nSPS) is 15.7. The van der Waals surface area contributed by atoms with E-state index >= 15 is 0 Å². The molecule has 8 nitrogen and oxygen atoms in total. The monoisotopic (exact) mass is 419 g/mol. The maximum Gasteiger partial charge on any atom is 0.291 e. The highest BCUT2D eigenvalue weighted by atomic mass is 16.5. The number of hydrogen-bond acceptors (Lipinski definition) is 6. The first-order valence-corrected chi connectivity index (χ1v) is 10.2. The minimum atomic E-state index is -0.814. The Morgan fingerprint density at radius 3 is 2.71 bits per heavy atom. The number of aryl methyl sites for hydroxylation is 1. The van der Waals surface area contributed by atoms with Crippen LogP contribution in [-0.4, -0.2) is 53.7 Å². The van der Waals surface area contributed by atoms with Gasteiger partial charge in [-0.1, -0.05) is 42.5 Å². The highest BCUT2D eigenvalue weighted by Gasteiger charge is 2.30. The average Bonchev–Trinajstić information content (AvgIpc) is 3.38. The van der Waals surface area contributed by atoms with E-state index in [1.54, 1.807) is 4.68 Å². The van der Waals surface area contributed by atoms with Gasteiger partial charge in [0.1, 0.15) is 30.5 Å². The summed E-state index contributed by atoms with van der Waals surface area (Å²) in [6.45, 7) is 0.719. The number of amides is 1. The number of benzene rings is 2. The zero-order chi connectivity index (χ0) is 21.8. The fourth-order valence-electron chi connectivity index (χ4n) is 3.73. The molecule has 0 fully saturated rings. The quantitative estimate of drug-likeness (QED) is 0.564. The third-order valence-electron chi connectivity index (χ3n) is 5.29. The standard InChI is InChI=1S/C23H25N5O3/c1-27(2)19-10-6-7-11-20(19)31-15-17(14-29)24-23(30)21-25-22-18(12-13-28(22)26-21)16-8-4-3-5-9-16/h3-11,14,17-18H,12-13,15H2,1-2H3,(H,24,30)/t17-,18?/m1/s1. The van der Waals surface area contributed by atoms with E-state index in [2.05, 4.69) is 27.5 Å². The molecule has 1 aliphatic heterocycles. The van der Waals surface area contributed by atoms with Crippen molar-refractivity contribution in [3.8, 4) is 5.75 Å². The molecule has 8 heteroatoms. The van der Waals surface area contributed by atoms with Crippen LogP contribution in [0.4, 0.5) is 5.69 Å². The van der Waals surface area contributed by atoms with E-state index in [0.29, 0.717) is 18.6 Å². The number of anilines is 1. The number of fused-ring (bicyclic) bond motifs is 1. The first-order valence-electron chi connectivity index (χ1n) is 10.2. The largest absolute Gasteiger partial charge is 0.489 e. The third kappa shape index (κ3) is 4.42. The topological polar surface area (TPSA) is 89.4 Å². The van der Waals surface area contributed by atoms with Gasteiger partial charge in [0, 0.05) is 26.6 Å². The van der Waals surface area contributed by atoms with Crippen LogP contribution in [0.2, 0.25) is 0 Å². The van der Waals surface area contributed by atoms with Gasteiger partial charge < -0.3 is 19.7 Å². The number of carbonyl (C=O) groups is 2. The maximum absolute atomic E-state index is 12.7. The molecule has 0 aliphatic carbocycles. The lowest BCUT2D eigenvalue weighted by Gasteiger charge is -2.19. The van der Waals surface area contributed by atoms with Gasteiger partial charge in [-0.05, 0) is 24.1 Å². The summed E-state index contributed by atoms with van der Waals surface area (Å²) in [5, 5.41) is 7.00. The molecule has 0 radical (unpaired) electrons. The summed E-state index contributed by atoms with van der Waals surface area (Å²) in [6.07, 6.45) is 1.56. The highest BCUT2D eigenvalue weighted by Crippen LogP contribution is 2.32. The van der Waals surface area contributed by atoms with E-state index in [9.17, 15) is 9.59 Å². The molecule has 1 N–H and O–H groups in total. The first-order chi connectivity index (χ1) is 15.1. The molecule has 0 spiro atoms. The number of ether oxygens (including phenoxy) is 1. The molecule has 160 valence electrons. The Morgan fingerprint density at radius 2 is 1.97 bits per heavy atom. The number of carbonyl (C=O) groups excluding carboxylic acids is 2. The van der Waals surface area contributed by atoms with E-state index in [4.69, 9.17) is 4.74 Å². The molecular formula is C23H25N5O3. The Balaban J connectivity index is 1.42. The molecule has 1 aromatic heterocycles. The zero-order valence-corrected chi connectivity index (χ0v) is 17.6. The Morgan fingerprint density at radius 1 is 1.23 bits per heavy atom. The van der Waals surface area contributed by atoms with Gasteiger partial charge in [-0.15, -0.1) is 5.10 Å². The number of nitrogens with one attached hydrogen (secondary N) is 1. The third-order valence-corrected chi connectivity index (χ3v) is 5.29. The first kappa shape index (κ1) is 20.6. The van der Waals surface area contributed by atoms with E-state index in [1.807, 2.05) is 61.5 Å². The van der Waals surface area contributed by atoms with Crippen molar-refractivity contribution >= 4 is 17.9 Å². The summed E-state index contributed by atoms with van der Waals surface area (Å²) in [5.41, 5.74) is 2.04. The second-order valence-electron chi connectivity index (χ2n) is 7.66. The van der Waals surface area contributed by atoms with Gasteiger partial charge in [0.2, 0.25) is 5.82 Å². The molecule has 2 aromatic carbocycles. The predicted molar refractivity (Wildman–Crippen MR) is 117 cm³/mol. The zero-order valence-electron chi connectivity index (χ0n) is 17.6. The van der Waals surface area contributed by atoms with Crippen LogP contribution in [-0.2, 0) is 11.3 Å². The number of para-hydroxylation sites is 2. The van der Waals surface area contributed by atoms with Crippen LogP contribution >= 0.6 is 0 Å². The fourth-order valence-corrected chi connectivity index (χ4v) is 3.73. The summed E-state index contributed by atoms with van der Waals surface area (Å²) in [5.74, 6) is 1.10. The molecule has 2 heterocycles. The lowest BCUT2D eigenvalue weighted by atomic mass is 9.97. The van der Waals surface area contributed by atoms with Gasteiger partial charge in [0.25, 0.3) is 5.91 Å². The second-order valence-corrected chi connectivity index (χ2v) is 7.66. The molecule has 3 aromatic rings. The van der Waals surface area contributed by atoms with Gasteiger partial charge in [-0.2, -0.15) is 0 Å². The minimum Gasteiger partial charge on any atom is -0.489 e. The van der Waals surface area contributed by atoms with Crippen molar-refractivity contribution in [3.63, 3.8) is 0 Å². The smallest absolute Gasteiger partial charge is 0.291 e. The lowest BCUT2D eigenvalue weighted by Crippen LogP contribution is -2.40. The Bertz CT molecular complexity index is 1060. The van der Waals surface area contributed by atoms with Crippen molar-refractivity contribution in [2.75, 3.05) is 25.6 Å². The van der Waals surface area contributed by atoms with Crippen molar-refractivity contribution in [2.24, 2.45) is 0 Å². The molecule has 0 bridgehead atoms. The SMILES string of the molecule is CN(C)c1ccccc1OC[C@@H](C=O)NC(=O)c1nc2n(n1)CCC2c1ccccc1. The molecule has 31 heavy (non-hydrogen) atoms. The van der Waals surface area contributed by atoms with E-state index < -0.39 is 11.9 Å². The van der Waals surface area contributed by atoms with Gasteiger partial charge in [-0.25, -0.2) is 9.67 Å². The van der Waals surface area contributed by atoms with Gasteiger partial charge >= 0.3 is 0 Å². The number of aldehydes is 1. The van der Waals surface area contributed by atoms with Crippen LogP contribution < -0.4 is 15.0 Å². The van der Waals surface area contributed by atoms with Crippen molar-refractivity contribution in [1.29, 1.82) is 0 Å². The van der Waals surface area contributed by atoms with Gasteiger partial charge in [0.05, 0.1) is 5.69 Å². The second kappa shape index (κ2) is 8.99. The molecule has 1 amide bonds.